The van der Waals surface area contributed by atoms with Gasteiger partial charge < -0.3 is 20.5 Å². The van der Waals surface area contributed by atoms with E-state index in [1.165, 1.54) is 0 Å². The van der Waals surface area contributed by atoms with Crippen molar-refractivity contribution in [1.82, 2.24) is 5.32 Å². The second-order valence-corrected chi connectivity index (χ2v) is 5.48. The molecule has 0 aliphatic rings. The summed E-state index contributed by atoms with van der Waals surface area (Å²) in [5, 5.41) is 2.43. The Hall–Kier alpha value is -2.90. The smallest absolute Gasteiger partial charge is 0.312 e. The minimum Gasteiger partial charge on any atom is -0.466 e. The Balaban J connectivity index is 2.91. The highest BCUT2D eigenvalue weighted by Crippen LogP contribution is 2.14. The van der Waals surface area contributed by atoms with Gasteiger partial charge in [0.2, 0.25) is 11.8 Å². The van der Waals surface area contributed by atoms with E-state index in [-0.39, 0.29) is 19.6 Å². The summed E-state index contributed by atoms with van der Waals surface area (Å²) in [6.45, 7) is 3.38. The van der Waals surface area contributed by atoms with Crippen molar-refractivity contribution >= 4 is 23.8 Å². The van der Waals surface area contributed by atoms with Crippen LogP contribution in [0.1, 0.15) is 25.8 Å². The Kier molecular flexibility index (Phi) is 8.83. The number of amides is 2. The highest BCUT2D eigenvalue weighted by atomic mass is 16.5. The van der Waals surface area contributed by atoms with Crippen LogP contribution in [0.2, 0.25) is 0 Å². The van der Waals surface area contributed by atoms with Gasteiger partial charge in [-0.05, 0) is 19.4 Å². The Morgan fingerprint density at radius 2 is 1.65 bits per heavy atom. The van der Waals surface area contributed by atoms with Gasteiger partial charge in [-0.25, -0.2) is 0 Å². The molecule has 2 atom stereocenters. The maximum atomic E-state index is 12.2. The zero-order valence-electron chi connectivity index (χ0n) is 14.9. The lowest BCUT2D eigenvalue weighted by Crippen LogP contribution is -2.52. The molecule has 1 aromatic rings. The second-order valence-electron chi connectivity index (χ2n) is 5.48. The monoisotopic (exact) mass is 364 g/mol. The summed E-state index contributed by atoms with van der Waals surface area (Å²) in [5.74, 6) is -4.18. The number of primary amides is 1. The van der Waals surface area contributed by atoms with Crippen LogP contribution in [0.3, 0.4) is 0 Å². The Morgan fingerprint density at radius 1 is 1.04 bits per heavy atom. The van der Waals surface area contributed by atoms with Crippen LogP contribution in [0.4, 0.5) is 0 Å². The fourth-order valence-corrected chi connectivity index (χ4v) is 2.36. The fourth-order valence-electron chi connectivity index (χ4n) is 2.36. The topological polar surface area (TPSA) is 125 Å². The first-order valence-corrected chi connectivity index (χ1v) is 8.33. The minimum atomic E-state index is -1.38. The second kappa shape index (κ2) is 10.9. The normalized spacial score (nSPS) is 12.5. The van der Waals surface area contributed by atoms with Crippen LogP contribution in [0.5, 0.6) is 0 Å². The van der Waals surface area contributed by atoms with Crippen molar-refractivity contribution in [1.29, 1.82) is 0 Å². The van der Waals surface area contributed by atoms with Crippen LogP contribution in [-0.4, -0.2) is 43.0 Å². The van der Waals surface area contributed by atoms with E-state index in [2.05, 4.69) is 5.32 Å². The molecular weight excluding hydrogens is 340 g/mol. The molecule has 26 heavy (non-hydrogen) atoms. The van der Waals surface area contributed by atoms with Crippen molar-refractivity contribution in [3.8, 4) is 0 Å². The van der Waals surface area contributed by atoms with Gasteiger partial charge in [0.25, 0.3) is 0 Å². The first-order valence-electron chi connectivity index (χ1n) is 8.33. The number of carbonyl (C=O) groups is 4. The number of esters is 2. The zero-order chi connectivity index (χ0) is 19.5. The van der Waals surface area contributed by atoms with Gasteiger partial charge in [-0.1, -0.05) is 30.3 Å². The van der Waals surface area contributed by atoms with Crippen molar-refractivity contribution in [3.05, 3.63) is 35.9 Å². The van der Waals surface area contributed by atoms with Gasteiger partial charge in [0, 0.05) is 0 Å². The van der Waals surface area contributed by atoms with Crippen molar-refractivity contribution in [2.75, 3.05) is 13.2 Å². The molecular formula is C18H24N2O6. The summed E-state index contributed by atoms with van der Waals surface area (Å²) < 4.78 is 9.73. The number of hydrogen-bond donors (Lipinski definition) is 2. The third kappa shape index (κ3) is 6.92. The van der Waals surface area contributed by atoms with Crippen molar-refractivity contribution in [2.24, 2.45) is 11.7 Å². The van der Waals surface area contributed by atoms with Gasteiger partial charge in [-0.15, -0.1) is 0 Å². The molecule has 8 nitrogen and oxygen atoms in total. The third-order valence-electron chi connectivity index (χ3n) is 3.51. The summed E-state index contributed by atoms with van der Waals surface area (Å²) in [6.07, 6.45) is -0.425. The molecule has 0 unspecified atom stereocenters. The van der Waals surface area contributed by atoms with E-state index in [0.717, 1.165) is 5.56 Å². The first-order chi connectivity index (χ1) is 12.4. The number of ether oxygens (including phenoxy) is 2. The lowest BCUT2D eigenvalue weighted by Gasteiger charge is -2.23. The van der Waals surface area contributed by atoms with Crippen molar-refractivity contribution in [2.45, 2.75) is 32.7 Å². The lowest BCUT2D eigenvalue weighted by atomic mass is 9.95. The van der Waals surface area contributed by atoms with Crippen LogP contribution in [-0.2, 0) is 35.1 Å². The first kappa shape index (κ1) is 21.1. The summed E-state index contributed by atoms with van der Waals surface area (Å²) in [6, 6.07) is 7.48. The summed E-state index contributed by atoms with van der Waals surface area (Å²) in [5.41, 5.74) is 6.08. The molecule has 0 spiro atoms. The molecule has 2 amide bonds. The standard InChI is InChI=1S/C18H24N2O6/c1-3-25-15(22)11-13(18(24)26-4-2)16(17(19)23)20-14(21)10-12-8-6-5-7-9-12/h5-9,13,16H,3-4,10-11H2,1-2H3,(H2,19,23)(H,20,21)/t13-,16-/m0/s1. The van der Waals surface area contributed by atoms with E-state index in [0.29, 0.717) is 0 Å². The largest absolute Gasteiger partial charge is 0.466 e. The van der Waals surface area contributed by atoms with E-state index in [4.69, 9.17) is 15.2 Å². The molecule has 3 N–H and O–H groups in total. The molecule has 0 bridgehead atoms. The number of nitrogens with one attached hydrogen (secondary N) is 1. The summed E-state index contributed by atoms with van der Waals surface area (Å²) >= 11 is 0. The van der Waals surface area contributed by atoms with E-state index >= 15 is 0 Å². The van der Waals surface area contributed by atoms with Crippen LogP contribution in [0.15, 0.2) is 30.3 Å². The molecule has 0 heterocycles. The maximum Gasteiger partial charge on any atom is 0.312 e. The van der Waals surface area contributed by atoms with Crippen LogP contribution in [0, 0.1) is 5.92 Å². The minimum absolute atomic E-state index is 0.000425. The molecule has 8 heteroatoms. The lowest BCUT2D eigenvalue weighted by molar-refractivity contribution is -0.157. The quantitative estimate of drug-likeness (QED) is 0.577. The molecule has 0 aliphatic heterocycles. The van der Waals surface area contributed by atoms with Crippen LogP contribution >= 0.6 is 0 Å². The molecule has 1 aromatic carbocycles. The van der Waals surface area contributed by atoms with Crippen LogP contribution in [0.25, 0.3) is 0 Å². The Morgan fingerprint density at radius 3 is 2.19 bits per heavy atom. The molecule has 0 aliphatic carbocycles. The SMILES string of the molecule is CCOC(=O)C[C@H](C(=O)OCC)[C@H](NC(=O)Cc1ccccc1)C(N)=O. The fraction of sp³-hybridized carbons (Fsp3) is 0.444. The summed E-state index contributed by atoms with van der Waals surface area (Å²) in [4.78, 5) is 48.0. The number of benzene rings is 1. The van der Waals surface area contributed by atoms with Gasteiger partial charge in [0.1, 0.15) is 6.04 Å². The van der Waals surface area contributed by atoms with Gasteiger partial charge >= 0.3 is 11.9 Å². The Bertz CT molecular complexity index is 632. The zero-order valence-corrected chi connectivity index (χ0v) is 14.9. The summed E-state index contributed by atoms with van der Waals surface area (Å²) in [7, 11) is 0. The Labute approximate surface area is 152 Å². The number of hydrogen-bond acceptors (Lipinski definition) is 6. The van der Waals surface area contributed by atoms with E-state index in [9.17, 15) is 19.2 Å². The molecule has 142 valence electrons. The molecule has 0 fully saturated rings. The number of nitrogens with two attached hydrogens (primary N) is 1. The van der Waals surface area contributed by atoms with E-state index < -0.39 is 42.1 Å². The van der Waals surface area contributed by atoms with E-state index in [1.807, 2.05) is 6.07 Å². The molecule has 0 saturated carbocycles. The molecule has 0 radical (unpaired) electrons. The average molecular weight is 364 g/mol. The van der Waals surface area contributed by atoms with E-state index in [1.54, 1.807) is 38.1 Å². The van der Waals surface area contributed by atoms with Gasteiger partial charge in [0.05, 0.1) is 32.0 Å². The van der Waals surface area contributed by atoms with Gasteiger partial charge in [0.15, 0.2) is 0 Å². The average Bonchev–Trinajstić information content (AvgIpc) is 2.59. The maximum absolute atomic E-state index is 12.2. The highest BCUT2D eigenvalue weighted by Gasteiger charge is 2.37. The number of carbonyl (C=O) groups excluding carboxylic acids is 4. The van der Waals surface area contributed by atoms with Crippen molar-refractivity contribution in [3.63, 3.8) is 0 Å². The predicted molar refractivity (Wildman–Crippen MR) is 92.6 cm³/mol. The third-order valence-corrected chi connectivity index (χ3v) is 3.51. The predicted octanol–water partition coefficient (Wildman–Crippen LogP) is 0.332. The molecule has 0 saturated heterocycles. The molecule has 0 aromatic heterocycles. The van der Waals surface area contributed by atoms with Gasteiger partial charge in [-0.2, -0.15) is 0 Å². The van der Waals surface area contributed by atoms with Crippen molar-refractivity contribution < 1.29 is 28.7 Å². The number of rotatable bonds is 10. The molecule has 1 rings (SSSR count). The van der Waals surface area contributed by atoms with Crippen LogP contribution < -0.4 is 11.1 Å². The highest BCUT2D eigenvalue weighted by molar-refractivity contribution is 5.93. The van der Waals surface area contributed by atoms with Gasteiger partial charge in [-0.3, -0.25) is 19.2 Å².